The molecule has 0 aliphatic carbocycles. The van der Waals surface area contributed by atoms with Crippen LogP contribution >= 0.6 is 34.5 Å². The Kier molecular flexibility index (Phi) is 3.68. The fourth-order valence-corrected chi connectivity index (χ4v) is 3.00. The highest BCUT2D eigenvalue weighted by Gasteiger charge is 2.17. The van der Waals surface area contributed by atoms with Gasteiger partial charge in [0.15, 0.2) is 11.6 Å². The first kappa shape index (κ1) is 12.8. The van der Waals surface area contributed by atoms with E-state index in [9.17, 15) is 8.78 Å². The van der Waals surface area contributed by atoms with Crippen LogP contribution < -0.4 is 5.73 Å². The van der Waals surface area contributed by atoms with Gasteiger partial charge in [0.05, 0.1) is 14.7 Å². The Morgan fingerprint density at radius 3 is 2.35 bits per heavy atom. The van der Waals surface area contributed by atoms with Crippen molar-refractivity contribution in [3.63, 3.8) is 0 Å². The molecule has 90 valence electrons. The number of rotatable bonds is 2. The van der Waals surface area contributed by atoms with Gasteiger partial charge in [-0.25, -0.2) is 8.78 Å². The van der Waals surface area contributed by atoms with Crippen LogP contribution in [-0.4, -0.2) is 0 Å². The van der Waals surface area contributed by atoms with Gasteiger partial charge >= 0.3 is 0 Å². The van der Waals surface area contributed by atoms with Gasteiger partial charge in [-0.2, -0.15) is 0 Å². The van der Waals surface area contributed by atoms with Crippen molar-refractivity contribution < 1.29 is 8.78 Å². The van der Waals surface area contributed by atoms with Crippen molar-refractivity contribution in [1.82, 2.24) is 0 Å². The smallest absolute Gasteiger partial charge is 0.159 e. The Labute approximate surface area is 111 Å². The topological polar surface area (TPSA) is 26.0 Å². The summed E-state index contributed by atoms with van der Waals surface area (Å²) in [5.74, 6) is -1.84. The third kappa shape index (κ3) is 2.60. The van der Waals surface area contributed by atoms with E-state index in [0.717, 1.165) is 12.1 Å². The van der Waals surface area contributed by atoms with Crippen LogP contribution in [0.1, 0.15) is 17.2 Å². The van der Waals surface area contributed by atoms with E-state index >= 15 is 0 Å². The predicted octanol–water partition coefficient (Wildman–Crippen LogP) is 4.38. The highest BCUT2D eigenvalue weighted by Crippen LogP contribution is 2.36. The molecule has 6 heteroatoms. The van der Waals surface area contributed by atoms with E-state index in [1.807, 2.05) is 0 Å². The van der Waals surface area contributed by atoms with E-state index in [2.05, 4.69) is 0 Å². The van der Waals surface area contributed by atoms with Crippen molar-refractivity contribution in [2.75, 3.05) is 0 Å². The molecule has 1 heterocycles. The molecule has 0 fully saturated rings. The summed E-state index contributed by atoms with van der Waals surface area (Å²) in [4.78, 5) is 0. The molecule has 2 aromatic rings. The largest absolute Gasteiger partial charge is 0.320 e. The first-order valence-corrected chi connectivity index (χ1v) is 6.21. The highest BCUT2D eigenvalue weighted by molar-refractivity contribution is 7.20. The minimum absolute atomic E-state index is 0.445. The minimum atomic E-state index is -0.935. The molecule has 1 aromatic heterocycles. The monoisotopic (exact) mass is 293 g/mol. The zero-order valence-corrected chi connectivity index (χ0v) is 10.7. The van der Waals surface area contributed by atoms with Crippen LogP contribution in [0, 0.1) is 11.6 Å². The molecule has 0 aliphatic heterocycles. The minimum Gasteiger partial charge on any atom is -0.320 e. The Bertz CT molecular complexity index is 556. The second-order valence-corrected chi connectivity index (χ2v) is 5.72. The van der Waals surface area contributed by atoms with Gasteiger partial charge < -0.3 is 5.73 Å². The van der Waals surface area contributed by atoms with Crippen LogP contribution in [0.5, 0.6) is 0 Å². The third-order valence-corrected chi connectivity index (χ3v) is 3.84. The van der Waals surface area contributed by atoms with E-state index in [1.54, 1.807) is 6.07 Å². The molecular formula is C11H7Cl2F2NS. The SMILES string of the molecule is NC(c1ccc(F)c(F)c1)c1cc(Cl)sc1Cl. The van der Waals surface area contributed by atoms with Gasteiger partial charge in [0.1, 0.15) is 0 Å². The maximum atomic E-state index is 13.1. The molecule has 1 unspecified atom stereocenters. The molecule has 2 rings (SSSR count). The number of hydrogen-bond acceptors (Lipinski definition) is 2. The predicted molar refractivity (Wildman–Crippen MR) is 66.7 cm³/mol. The number of benzene rings is 1. The van der Waals surface area contributed by atoms with Gasteiger partial charge in [0.25, 0.3) is 0 Å². The van der Waals surface area contributed by atoms with Gasteiger partial charge in [-0.1, -0.05) is 29.3 Å². The summed E-state index contributed by atoms with van der Waals surface area (Å²) in [7, 11) is 0. The van der Waals surface area contributed by atoms with Crippen molar-refractivity contribution in [2.24, 2.45) is 5.73 Å². The molecule has 2 N–H and O–H groups in total. The van der Waals surface area contributed by atoms with Crippen LogP contribution in [-0.2, 0) is 0 Å². The average Bonchev–Trinajstić information content (AvgIpc) is 2.61. The third-order valence-electron chi connectivity index (χ3n) is 2.32. The number of halogens is 4. The summed E-state index contributed by atoms with van der Waals surface area (Å²) in [5.41, 5.74) is 6.97. The average molecular weight is 294 g/mol. The zero-order chi connectivity index (χ0) is 12.6. The summed E-state index contributed by atoms with van der Waals surface area (Å²) < 4.78 is 26.8. The fourth-order valence-electron chi connectivity index (χ4n) is 1.45. The van der Waals surface area contributed by atoms with Crippen molar-refractivity contribution in [1.29, 1.82) is 0 Å². The molecule has 1 nitrogen and oxygen atoms in total. The molecule has 0 spiro atoms. The van der Waals surface area contributed by atoms with Crippen LogP contribution in [0.4, 0.5) is 8.78 Å². The molecule has 1 atom stereocenters. The Morgan fingerprint density at radius 1 is 1.12 bits per heavy atom. The lowest BCUT2D eigenvalue weighted by Gasteiger charge is -2.11. The number of hydrogen-bond donors (Lipinski definition) is 1. The van der Waals surface area contributed by atoms with Gasteiger partial charge in [-0.05, 0) is 23.8 Å². The van der Waals surface area contributed by atoms with Gasteiger partial charge in [-0.3, -0.25) is 0 Å². The molecule has 1 aromatic carbocycles. The second-order valence-electron chi connectivity index (χ2n) is 3.43. The summed E-state index contributed by atoms with van der Waals surface area (Å²) >= 11 is 12.9. The van der Waals surface area contributed by atoms with E-state index in [0.29, 0.717) is 19.8 Å². The van der Waals surface area contributed by atoms with E-state index in [-0.39, 0.29) is 0 Å². The maximum absolute atomic E-state index is 13.1. The molecule has 0 bridgehead atoms. The molecule has 17 heavy (non-hydrogen) atoms. The van der Waals surface area contributed by atoms with Crippen molar-refractivity contribution in [3.05, 3.63) is 55.7 Å². The first-order chi connectivity index (χ1) is 7.99. The van der Waals surface area contributed by atoms with Gasteiger partial charge in [-0.15, -0.1) is 11.3 Å². The maximum Gasteiger partial charge on any atom is 0.159 e. The molecule has 0 saturated carbocycles. The van der Waals surface area contributed by atoms with E-state index < -0.39 is 17.7 Å². The molecular weight excluding hydrogens is 287 g/mol. The summed E-state index contributed by atoms with van der Waals surface area (Å²) in [6.45, 7) is 0. The Balaban J connectivity index is 2.40. The van der Waals surface area contributed by atoms with Crippen molar-refractivity contribution in [2.45, 2.75) is 6.04 Å². The molecule has 0 radical (unpaired) electrons. The molecule has 0 saturated heterocycles. The lowest BCUT2D eigenvalue weighted by molar-refractivity contribution is 0.506. The van der Waals surface area contributed by atoms with Crippen molar-refractivity contribution in [3.8, 4) is 0 Å². The first-order valence-electron chi connectivity index (χ1n) is 4.64. The zero-order valence-electron chi connectivity index (χ0n) is 8.38. The van der Waals surface area contributed by atoms with E-state index in [1.165, 1.54) is 17.4 Å². The van der Waals surface area contributed by atoms with Crippen LogP contribution in [0.3, 0.4) is 0 Å². The summed E-state index contributed by atoms with van der Waals surface area (Å²) in [6, 6.07) is 4.51. The number of nitrogens with two attached hydrogens (primary N) is 1. The Hall–Kier alpha value is -0.680. The fraction of sp³-hybridized carbons (Fsp3) is 0.0909. The molecule has 0 aliphatic rings. The van der Waals surface area contributed by atoms with Crippen LogP contribution in [0.15, 0.2) is 24.3 Å². The normalized spacial score (nSPS) is 12.8. The van der Waals surface area contributed by atoms with Crippen LogP contribution in [0.25, 0.3) is 0 Å². The lowest BCUT2D eigenvalue weighted by atomic mass is 10.0. The van der Waals surface area contributed by atoms with E-state index in [4.69, 9.17) is 28.9 Å². The molecule has 0 amide bonds. The van der Waals surface area contributed by atoms with Crippen molar-refractivity contribution >= 4 is 34.5 Å². The van der Waals surface area contributed by atoms with Gasteiger partial charge in [0.2, 0.25) is 0 Å². The van der Waals surface area contributed by atoms with Crippen LogP contribution in [0.2, 0.25) is 8.67 Å². The Morgan fingerprint density at radius 2 is 1.82 bits per heavy atom. The standard InChI is InChI=1S/C11H7Cl2F2NS/c12-9-4-6(11(13)17-9)10(16)5-1-2-7(14)8(15)3-5/h1-4,10H,16H2. The van der Waals surface area contributed by atoms with Gasteiger partial charge in [0, 0.05) is 5.56 Å². The second kappa shape index (κ2) is 4.90. The quantitative estimate of drug-likeness (QED) is 0.874. The highest BCUT2D eigenvalue weighted by atomic mass is 35.5. The lowest BCUT2D eigenvalue weighted by Crippen LogP contribution is -2.11. The number of thiophene rings is 1. The summed E-state index contributed by atoms with van der Waals surface area (Å²) in [5, 5.41) is 0. The summed E-state index contributed by atoms with van der Waals surface area (Å²) in [6.07, 6.45) is 0.